The molecule has 1 saturated heterocycles. The molecule has 0 amide bonds. The maximum absolute atomic E-state index is 13.0. The van der Waals surface area contributed by atoms with E-state index in [0.717, 1.165) is 37.3 Å². The van der Waals surface area contributed by atoms with E-state index in [1.165, 1.54) is 17.7 Å². The maximum Gasteiger partial charge on any atom is 0.123 e. The molecule has 0 spiro atoms. The quantitative estimate of drug-likeness (QED) is 0.852. The lowest BCUT2D eigenvalue weighted by molar-refractivity contribution is 0.281. The number of nitrogens with one attached hydrogen (secondary N) is 1. The molecular weight excluding hydrogens is 303 g/mol. The van der Waals surface area contributed by atoms with Gasteiger partial charge in [0.05, 0.1) is 6.61 Å². The van der Waals surface area contributed by atoms with E-state index in [-0.39, 0.29) is 18.5 Å². The Kier molecular flexibility index (Phi) is 5.48. The lowest BCUT2D eigenvalue weighted by atomic mass is 10.0. The Morgan fingerprint density at radius 3 is 2.79 bits per heavy atom. The highest BCUT2D eigenvalue weighted by Crippen LogP contribution is 2.24. The zero-order valence-electron chi connectivity index (χ0n) is 14.1. The average Bonchev–Trinajstić information content (AvgIpc) is 3.09. The van der Waals surface area contributed by atoms with Gasteiger partial charge in [-0.25, -0.2) is 4.39 Å². The minimum absolute atomic E-state index is 0.0792. The zero-order valence-corrected chi connectivity index (χ0v) is 14.1. The highest BCUT2D eigenvalue weighted by Gasteiger charge is 2.23. The molecule has 2 aromatic carbocycles. The molecule has 0 aromatic heterocycles. The van der Waals surface area contributed by atoms with Crippen molar-refractivity contribution in [3.05, 3.63) is 65.5 Å². The SMILES string of the molecule is CC(NCC1CCN(c2ccc(F)cc2)C1)c1cccc(CO)c1. The van der Waals surface area contributed by atoms with Crippen molar-refractivity contribution in [2.75, 3.05) is 24.5 Å². The Morgan fingerprint density at radius 2 is 2.04 bits per heavy atom. The van der Waals surface area contributed by atoms with Crippen molar-refractivity contribution < 1.29 is 9.50 Å². The predicted molar refractivity (Wildman–Crippen MR) is 95.5 cm³/mol. The molecule has 24 heavy (non-hydrogen) atoms. The van der Waals surface area contributed by atoms with Gasteiger partial charge in [0.15, 0.2) is 0 Å². The summed E-state index contributed by atoms with van der Waals surface area (Å²) < 4.78 is 13.0. The highest BCUT2D eigenvalue weighted by atomic mass is 19.1. The van der Waals surface area contributed by atoms with Crippen LogP contribution in [0.1, 0.15) is 30.5 Å². The average molecular weight is 328 g/mol. The van der Waals surface area contributed by atoms with Gasteiger partial charge in [-0.1, -0.05) is 24.3 Å². The zero-order chi connectivity index (χ0) is 16.9. The summed E-state index contributed by atoms with van der Waals surface area (Å²) in [5.74, 6) is 0.411. The fourth-order valence-corrected chi connectivity index (χ4v) is 3.31. The Hall–Kier alpha value is -1.91. The first kappa shape index (κ1) is 16.9. The summed E-state index contributed by atoms with van der Waals surface area (Å²) >= 11 is 0. The van der Waals surface area contributed by atoms with Gasteiger partial charge in [-0.2, -0.15) is 0 Å². The number of nitrogens with zero attached hydrogens (tertiary/aromatic N) is 1. The van der Waals surface area contributed by atoms with Crippen LogP contribution in [0, 0.1) is 11.7 Å². The first-order valence-electron chi connectivity index (χ1n) is 8.59. The molecule has 3 rings (SSSR count). The number of hydrogen-bond donors (Lipinski definition) is 2. The summed E-state index contributed by atoms with van der Waals surface area (Å²) in [5.41, 5.74) is 3.25. The fraction of sp³-hybridized carbons (Fsp3) is 0.400. The molecule has 128 valence electrons. The molecule has 0 aliphatic carbocycles. The largest absolute Gasteiger partial charge is 0.392 e. The van der Waals surface area contributed by atoms with Crippen LogP contribution < -0.4 is 10.2 Å². The number of benzene rings is 2. The molecule has 1 fully saturated rings. The number of rotatable bonds is 6. The third kappa shape index (κ3) is 4.13. The molecule has 0 bridgehead atoms. The van der Waals surface area contributed by atoms with E-state index in [1.54, 1.807) is 0 Å². The van der Waals surface area contributed by atoms with Crippen LogP contribution in [-0.4, -0.2) is 24.7 Å². The monoisotopic (exact) mass is 328 g/mol. The van der Waals surface area contributed by atoms with Crippen LogP contribution in [0.25, 0.3) is 0 Å². The Bertz CT molecular complexity index is 659. The summed E-state index contributed by atoms with van der Waals surface area (Å²) in [6.07, 6.45) is 1.15. The smallest absolute Gasteiger partial charge is 0.123 e. The maximum atomic E-state index is 13.0. The predicted octanol–water partition coefficient (Wildman–Crippen LogP) is 3.50. The van der Waals surface area contributed by atoms with Crippen LogP contribution in [0.15, 0.2) is 48.5 Å². The van der Waals surface area contributed by atoms with Gasteiger partial charge in [-0.3, -0.25) is 0 Å². The van der Waals surface area contributed by atoms with Crippen molar-refractivity contribution in [2.24, 2.45) is 5.92 Å². The second-order valence-electron chi connectivity index (χ2n) is 6.61. The van der Waals surface area contributed by atoms with Crippen LogP contribution in [0.5, 0.6) is 0 Å². The summed E-state index contributed by atoms with van der Waals surface area (Å²) in [6.45, 7) is 5.22. The standard InChI is InChI=1S/C20H25FN2O/c1-15(18-4-2-3-16(11-18)14-24)22-12-17-9-10-23(13-17)20-7-5-19(21)6-8-20/h2-8,11,15,17,22,24H,9-10,12-14H2,1H3. The fourth-order valence-electron chi connectivity index (χ4n) is 3.31. The third-order valence-corrected chi connectivity index (χ3v) is 4.82. The topological polar surface area (TPSA) is 35.5 Å². The first-order valence-corrected chi connectivity index (χ1v) is 8.59. The van der Waals surface area contributed by atoms with Gasteiger partial charge in [0, 0.05) is 31.4 Å². The molecular formula is C20H25FN2O. The van der Waals surface area contributed by atoms with Crippen LogP contribution in [0.2, 0.25) is 0 Å². The summed E-state index contributed by atoms with van der Waals surface area (Å²) in [6, 6.07) is 15.1. The van der Waals surface area contributed by atoms with Crippen LogP contribution >= 0.6 is 0 Å². The van der Waals surface area contributed by atoms with E-state index >= 15 is 0 Å². The number of hydrogen-bond acceptors (Lipinski definition) is 3. The molecule has 2 N–H and O–H groups in total. The van der Waals surface area contributed by atoms with Gasteiger partial charge in [-0.05, 0) is 54.7 Å². The Labute approximate surface area is 143 Å². The lowest BCUT2D eigenvalue weighted by Gasteiger charge is -2.20. The Balaban J connectivity index is 1.51. The van der Waals surface area contributed by atoms with Crippen molar-refractivity contribution in [3.8, 4) is 0 Å². The van der Waals surface area contributed by atoms with E-state index in [2.05, 4.69) is 29.3 Å². The van der Waals surface area contributed by atoms with Crippen molar-refractivity contribution in [3.63, 3.8) is 0 Å². The van der Waals surface area contributed by atoms with Crippen molar-refractivity contribution >= 4 is 5.69 Å². The lowest BCUT2D eigenvalue weighted by Crippen LogP contribution is -2.28. The first-order chi connectivity index (χ1) is 11.7. The molecule has 1 aliphatic heterocycles. The van der Waals surface area contributed by atoms with Crippen LogP contribution in [0.4, 0.5) is 10.1 Å². The van der Waals surface area contributed by atoms with Gasteiger partial charge in [0.25, 0.3) is 0 Å². The van der Waals surface area contributed by atoms with E-state index < -0.39 is 0 Å². The molecule has 0 saturated carbocycles. The van der Waals surface area contributed by atoms with Gasteiger partial charge < -0.3 is 15.3 Å². The molecule has 2 unspecified atom stereocenters. The number of aliphatic hydroxyl groups is 1. The number of halogens is 1. The van der Waals surface area contributed by atoms with E-state index in [1.807, 2.05) is 24.3 Å². The second kappa shape index (κ2) is 7.77. The molecule has 2 aromatic rings. The van der Waals surface area contributed by atoms with Gasteiger partial charge in [0.2, 0.25) is 0 Å². The Morgan fingerprint density at radius 1 is 1.25 bits per heavy atom. The number of aliphatic hydroxyl groups excluding tert-OH is 1. The molecule has 2 atom stereocenters. The second-order valence-corrected chi connectivity index (χ2v) is 6.61. The molecule has 4 heteroatoms. The summed E-state index contributed by atoms with van der Waals surface area (Å²) in [4.78, 5) is 2.32. The van der Waals surface area contributed by atoms with E-state index in [4.69, 9.17) is 0 Å². The normalized spacial score (nSPS) is 18.8. The minimum Gasteiger partial charge on any atom is -0.392 e. The summed E-state index contributed by atoms with van der Waals surface area (Å²) in [5, 5.41) is 12.9. The van der Waals surface area contributed by atoms with Crippen LogP contribution in [-0.2, 0) is 6.61 Å². The van der Waals surface area contributed by atoms with Crippen LogP contribution in [0.3, 0.4) is 0 Å². The van der Waals surface area contributed by atoms with Gasteiger partial charge in [0.1, 0.15) is 5.82 Å². The van der Waals surface area contributed by atoms with Crippen molar-refractivity contribution in [1.29, 1.82) is 0 Å². The third-order valence-electron chi connectivity index (χ3n) is 4.82. The highest BCUT2D eigenvalue weighted by molar-refractivity contribution is 5.47. The molecule has 3 nitrogen and oxygen atoms in total. The van der Waals surface area contributed by atoms with Crippen molar-refractivity contribution in [1.82, 2.24) is 5.32 Å². The van der Waals surface area contributed by atoms with Gasteiger partial charge >= 0.3 is 0 Å². The molecule has 1 aliphatic rings. The van der Waals surface area contributed by atoms with E-state index in [0.29, 0.717) is 5.92 Å². The summed E-state index contributed by atoms with van der Waals surface area (Å²) in [7, 11) is 0. The molecule has 1 heterocycles. The van der Waals surface area contributed by atoms with E-state index in [9.17, 15) is 9.50 Å². The molecule has 0 radical (unpaired) electrons. The minimum atomic E-state index is -0.185. The van der Waals surface area contributed by atoms with Crippen molar-refractivity contribution in [2.45, 2.75) is 26.0 Å². The van der Waals surface area contributed by atoms with Gasteiger partial charge in [-0.15, -0.1) is 0 Å². The number of anilines is 1.